The lowest BCUT2D eigenvalue weighted by molar-refractivity contribution is -0.223. The third kappa shape index (κ3) is 3.13. The lowest BCUT2D eigenvalue weighted by Crippen LogP contribution is -2.62. The molecule has 1 heterocycles. The van der Waals surface area contributed by atoms with Gasteiger partial charge in [-0.05, 0) is 56.3 Å². The largest absolute Gasteiger partial charge is 0.397 e. The molecule has 1 aliphatic heterocycles. The van der Waals surface area contributed by atoms with Crippen molar-refractivity contribution in [2.75, 3.05) is 6.61 Å². The van der Waals surface area contributed by atoms with Gasteiger partial charge in [-0.25, -0.2) is 4.18 Å². The molecule has 4 atom stereocenters. The van der Waals surface area contributed by atoms with Crippen molar-refractivity contribution in [2.24, 2.45) is 23.2 Å². The van der Waals surface area contributed by atoms with Gasteiger partial charge >= 0.3 is 10.4 Å². The first kappa shape index (κ1) is 18.1. The Hall–Kier alpha value is -0.290. The van der Waals surface area contributed by atoms with E-state index in [1.54, 1.807) is 0 Å². The van der Waals surface area contributed by atoms with E-state index in [0.29, 0.717) is 17.8 Å². The standard InChI is InChI=1S/C16H25O8S/c17-7-11-12(18)13(19)14(24-25(20,21)22)15(23-11)16-4-8-1-9(5-16)3-10(2-8)6-16/h8-14,17-19H,1-7H2,(H,20,21,22)/t8?,9?,10?,11-,12+,13+,14-,16?/m1/s1. The molecule has 0 aromatic heterocycles. The highest BCUT2D eigenvalue weighted by atomic mass is 32.3. The zero-order chi connectivity index (χ0) is 18.0. The number of rotatable bonds is 4. The summed E-state index contributed by atoms with van der Waals surface area (Å²) in [5, 5.41) is 30.0. The second-order valence-corrected chi connectivity index (χ2v) is 9.37. The van der Waals surface area contributed by atoms with E-state index < -0.39 is 46.8 Å². The molecule has 5 aliphatic rings. The molecule has 25 heavy (non-hydrogen) atoms. The molecule has 0 aromatic rings. The molecular weight excluding hydrogens is 352 g/mol. The van der Waals surface area contributed by atoms with E-state index in [9.17, 15) is 23.7 Å². The topological polar surface area (TPSA) is 134 Å². The third-order valence-corrected chi connectivity index (χ3v) is 6.99. The maximum Gasteiger partial charge on any atom is 0.397 e. The van der Waals surface area contributed by atoms with Crippen LogP contribution in [0.4, 0.5) is 0 Å². The highest BCUT2D eigenvalue weighted by molar-refractivity contribution is 7.80. The van der Waals surface area contributed by atoms with Gasteiger partial charge in [0.05, 0.1) is 6.61 Å². The Morgan fingerprint density at radius 2 is 1.56 bits per heavy atom. The van der Waals surface area contributed by atoms with Crippen LogP contribution in [0.15, 0.2) is 0 Å². The smallest absolute Gasteiger partial charge is 0.394 e. The maximum absolute atomic E-state index is 11.3. The first-order valence-corrected chi connectivity index (χ1v) is 10.2. The Morgan fingerprint density at radius 3 is 2.00 bits per heavy atom. The summed E-state index contributed by atoms with van der Waals surface area (Å²) in [6, 6.07) is 0. The lowest BCUT2D eigenvalue weighted by atomic mass is 9.47. The Bertz CT molecular complexity index is 584. The summed E-state index contributed by atoms with van der Waals surface area (Å²) in [5.74, 6) is 1.60. The Balaban J connectivity index is 1.68. The molecule has 1 radical (unpaired) electrons. The minimum Gasteiger partial charge on any atom is -0.394 e. The summed E-state index contributed by atoms with van der Waals surface area (Å²) in [7, 11) is -4.84. The van der Waals surface area contributed by atoms with E-state index in [0.717, 1.165) is 38.5 Å². The van der Waals surface area contributed by atoms with Crippen molar-refractivity contribution < 1.29 is 37.2 Å². The zero-order valence-electron chi connectivity index (χ0n) is 13.8. The normalized spacial score (nSPS) is 50.3. The summed E-state index contributed by atoms with van der Waals surface area (Å²) >= 11 is 0. The first-order valence-electron chi connectivity index (χ1n) is 8.87. The quantitative estimate of drug-likeness (QED) is 0.505. The molecule has 4 aliphatic carbocycles. The van der Waals surface area contributed by atoms with Crippen LogP contribution in [0.25, 0.3) is 0 Å². The van der Waals surface area contributed by atoms with Crippen molar-refractivity contribution >= 4 is 10.4 Å². The van der Waals surface area contributed by atoms with Gasteiger partial charge in [0.2, 0.25) is 0 Å². The molecule has 143 valence electrons. The van der Waals surface area contributed by atoms with Crippen molar-refractivity contribution in [1.29, 1.82) is 0 Å². The third-order valence-electron chi connectivity index (χ3n) is 6.54. The molecule has 4 N–H and O–H groups in total. The molecule has 0 aromatic carbocycles. The molecule has 4 saturated carbocycles. The van der Waals surface area contributed by atoms with Crippen molar-refractivity contribution in [2.45, 2.75) is 62.9 Å². The molecule has 1 saturated heterocycles. The van der Waals surface area contributed by atoms with Gasteiger partial charge in [-0.3, -0.25) is 4.55 Å². The lowest BCUT2D eigenvalue weighted by Gasteiger charge is -2.61. The number of aliphatic hydroxyl groups excluding tert-OH is 3. The minimum atomic E-state index is -4.84. The molecule has 5 rings (SSSR count). The van der Waals surface area contributed by atoms with Gasteiger partial charge in [0.1, 0.15) is 30.5 Å². The van der Waals surface area contributed by atoms with E-state index in [4.69, 9.17) is 13.5 Å². The van der Waals surface area contributed by atoms with Gasteiger partial charge < -0.3 is 20.1 Å². The van der Waals surface area contributed by atoms with E-state index >= 15 is 0 Å². The number of hydrogen-bond donors (Lipinski definition) is 4. The average molecular weight is 377 g/mol. The van der Waals surface area contributed by atoms with Crippen LogP contribution < -0.4 is 0 Å². The van der Waals surface area contributed by atoms with Crippen LogP contribution >= 0.6 is 0 Å². The van der Waals surface area contributed by atoms with Crippen molar-refractivity contribution in [1.82, 2.24) is 0 Å². The Morgan fingerprint density at radius 1 is 1.04 bits per heavy atom. The van der Waals surface area contributed by atoms with Crippen LogP contribution in [0, 0.1) is 29.3 Å². The monoisotopic (exact) mass is 377 g/mol. The van der Waals surface area contributed by atoms with Gasteiger partial charge in [-0.1, -0.05) is 0 Å². The first-order chi connectivity index (χ1) is 11.7. The molecule has 9 heteroatoms. The summed E-state index contributed by atoms with van der Waals surface area (Å²) < 4.78 is 42.3. The predicted octanol–water partition coefficient (Wildman–Crippen LogP) is 0.0357. The van der Waals surface area contributed by atoms with Crippen LogP contribution in [-0.2, 0) is 19.3 Å². The highest BCUT2D eigenvalue weighted by Gasteiger charge is 2.61. The molecule has 8 nitrogen and oxygen atoms in total. The molecule has 5 fully saturated rings. The molecule has 0 amide bonds. The maximum atomic E-state index is 11.3. The Labute approximate surface area is 147 Å². The fourth-order valence-electron chi connectivity index (χ4n) is 6.07. The van der Waals surface area contributed by atoms with Crippen molar-refractivity contribution in [3.05, 3.63) is 6.10 Å². The second kappa shape index (κ2) is 6.12. The predicted molar refractivity (Wildman–Crippen MR) is 84.2 cm³/mol. The molecule has 0 spiro atoms. The van der Waals surface area contributed by atoms with Crippen molar-refractivity contribution in [3.63, 3.8) is 0 Å². The highest BCUT2D eigenvalue weighted by Crippen LogP contribution is 2.65. The van der Waals surface area contributed by atoms with Crippen LogP contribution in [0.5, 0.6) is 0 Å². The number of aliphatic hydroxyl groups is 3. The molecule has 0 unspecified atom stereocenters. The zero-order valence-corrected chi connectivity index (χ0v) is 14.6. The Kier molecular flexibility index (Phi) is 4.43. The summed E-state index contributed by atoms with van der Waals surface area (Å²) in [6.45, 7) is -0.507. The van der Waals surface area contributed by atoms with Gasteiger partial charge in [-0.2, -0.15) is 8.42 Å². The molecular formula is C16H25O8S. The summed E-state index contributed by atoms with van der Waals surface area (Å²) in [4.78, 5) is 0. The fraction of sp³-hybridized carbons (Fsp3) is 0.938. The van der Waals surface area contributed by atoms with Crippen LogP contribution in [0.1, 0.15) is 38.5 Å². The van der Waals surface area contributed by atoms with Crippen LogP contribution in [0.2, 0.25) is 0 Å². The van der Waals surface area contributed by atoms with Gasteiger partial charge in [0.15, 0.2) is 0 Å². The van der Waals surface area contributed by atoms with Gasteiger partial charge in [-0.15, -0.1) is 0 Å². The average Bonchev–Trinajstić information content (AvgIpc) is 2.49. The SMILES string of the molecule is O=S(=O)(O)O[C@H]1[C](C23CC4CC(CC(C4)C2)C3)O[C@H](CO)[C@H](O)[C@@H]1O. The number of ether oxygens (including phenoxy) is 1. The van der Waals surface area contributed by atoms with E-state index in [1.165, 1.54) is 0 Å². The second-order valence-electron chi connectivity index (χ2n) is 8.33. The number of hydrogen-bond acceptors (Lipinski definition) is 7. The minimum absolute atomic E-state index is 0.265. The summed E-state index contributed by atoms with van der Waals surface area (Å²) in [6.07, 6.45) is 0.581. The van der Waals surface area contributed by atoms with Crippen LogP contribution in [-0.4, -0.2) is 59.3 Å². The van der Waals surface area contributed by atoms with Gasteiger partial charge in [0.25, 0.3) is 0 Å². The molecule has 4 bridgehead atoms. The van der Waals surface area contributed by atoms with E-state index in [-0.39, 0.29) is 6.10 Å². The fourth-order valence-corrected chi connectivity index (χ4v) is 6.53. The summed E-state index contributed by atoms with van der Waals surface area (Å²) in [5.41, 5.74) is -0.432. The van der Waals surface area contributed by atoms with E-state index in [1.807, 2.05) is 0 Å². The van der Waals surface area contributed by atoms with Crippen LogP contribution in [0.3, 0.4) is 0 Å². The van der Waals surface area contributed by atoms with Crippen molar-refractivity contribution in [3.8, 4) is 0 Å². The van der Waals surface area contributed by atoms with Gasteiger partial charge in [0, 0.05) is 5.41 Å². The van der Waals surface area contributed by atoms with E-state index in [2.05, 4.69) is 0 Å².